The predicted molar refractivity (Wildman–Crippen MR) is 61.5 cm³/mol. The number of thiophene rings is 1. The molecule has 72 valence electrons. The molecule has 1 aromatic rings. The van der Waals surface area contributed by atoms with Crippen LogP contribution >= 0.6 is 38.9 Å². The van der Waals surface area contributed by atoms with Gasteiger partial charge in [0.1, 0.15) is 0 Å². The molecule has 0 spiro atoms. The molecule has 0 aromatic carbocycles. The van der Waals surface area contributed by atoms with Crippen LogP contribution in [0, 0.1) is 5.92 Å². The maximum atomic E-state index is 5.75. The summed E-state index contributed by atoms with van der Waals surface area (Å²) in [5.74, 6) is 1.53. The zero-order valence-corrected chi connectivity index (χ0v) is 10.3. The average Bonchev–Trinajstić information content (AvgIpc) is 2.43. The molecule has 2 heterocycles. The molecule has 0 N–H and O–H groups in total. The highest BCUT2D eigenvalue weighted by molar-refractivity contribution is 9.10. The number of likely N-dealkylation sites (tertiary alicyclic amines) is 1. The molecule has 13 heavy (non-hydrogen) atoms. The van der Waals surface area contributed by atoms with Gasteiger partial charge in [0.25, 0.3) is 0 Å². The van der Waals surface area contributed by atoms with Crippen LogP contribution in [0.2, 0.25) is 0 Å². The lowest BCUT2D eigenvalue weighted by atomic mass is 10.0. The molecule has 0 amide bonds. The Morgan fingerprint density at radius 1 is 1.62 bits per heavy atom. The maximum absolute atomic E-state index is 5.75. The fraction of sp³-hybridized carbons (Fsp3) is 0.556. The Morgan fingerprint density at radius 2 is 2.38 bits per heavy atom. The van der Waals surface area contributed by atoms with E-state index in [1.165, 1.54) is 9.35 Å². The summed E-state index contributed by atoms with van der Waals surface area (Å²) in [5, 5.41) is 2.12. The molecule has 4 heteroatoms. The van der Waals surface area contributed by atoms with Gasteiger partial charge in [0.2, 0.25) is 0 Å². The first-order chi connectivity index (χ1) is 6.29. The smallest absolute Gasteiger partial charge is 0.0339 e. The van der Waals surface area contributed by atoms with Crippen molar-refractivity contribution in [3.05, 3.63) is 20.8 Å². The van der Waals surface area contributed by atoms with Gasteiger partial charge in [-0.2, -0.15) is 0 Å². The highest BCUT2D eigenvalue weighted by Gasteiger charge is 2.26. The maximum Gasteiger partial charge on any atom is 0.0339 e. The molecule has 2 rings (SSSR count). The Balaban J connectivity index is 1.84. The Kier molecular flexibility index (Phi) is 3.30. The van der Waals surface area contributed by atoms with Crippen LogP contribution in [0.15, 0.2) is 15.9 Å². The first kappa shape index (κ1) is 9.97. The van der Waals surface area contributed by atoms with Crippen molar-refractivity contribution < 1.29 is 0 Å². The summed E-state index contributed by atoms with van der Waals surface area (Å²) in [5.41, 5.74) is 0. The zero-order chi connectivity index (χ0) is 9.26. The lowest BCUT2D eigenvalue weighted by molar-refractivity contribution is 0.108. The third-order valence-electron chi connectivity index (χ3n) is 2.31. The van der Waals surface area contributed by atoms with Crippen LogP contribution in [0.5, 0.6) is 0 Å². The number of hydrogen-bond acceptors (Lipinski definition) is 2. The molecule has 1 saturated heterocycles. The van der Waals surface area contributed by atoms with Gasteiger partial charge in [-0.25, -0.2) is 0 Å². The molecule has 0 aliphatic carbocycles. The Hall–Kier alpha value is 0.430. The van der Waals surface area contributed by atoms with Crippen LogP contribution in [0.1, 0.15) is 4.88 Å². The Morgan fingerprint density at radius 3 is 2.92 bits per heavy atom. The average molecular weight is 281 g/mol. The van der Waals surface area contributed by atoms with E-state index in [1.807, 2.05) is 11.3 Å². The second-order valence-electron chi connectivity index (χ2n) is 3.41. The minimum Gasteiger partial charge on any atom is -0.297 e. The summed E-state index contributed by atoms with van der Waals surface area (Å²) in [4.78, 5) is 3.86. The number of rotatable bonds is 3. The molecule has 0 bridgehead atoms. The standard InChI is InChI=1S/C9H11BrClNS/c10-8-1-2-13-9(8)6-12-4-7(3-11)5-12/h1-2,7H,3-6H2. The molecule has 1 aliphatic rings. The summed E-state index contributed by atoms with van der Waals surface area (Å²) >= 11 is 11.1. The van der Waals surface area contributed by atoms with Crippen molar-refractivity contribution in [2.45, 2.75) is 6.54 Å². The fourth-order valence-corrected chi connectivity index (χ4v) is 3.26. The van der Waals surface area contributed by atoms with Crippen molar-refractivity contribution in [3.63, 3.8) is 0 Å². The first-order valence-corrected chi connectivity index (χ1v) is 6.50. The van der Waals surface area contributed by atoms with Gasteiger partial charge in [0, 0.05) is 34.9 Å². The third kappa shape index (κ3) is 2.27. The summed E-state index contributed by atoms with van der Waals surface area (Å²) in [6.07, 6.45) is 0. The van der Waals surface area contributed by atoms with Crippen LogP contribution in [0.3, 0.4) is 0 Å². The zero-order valence-electron chi connectivity index (χ0n) is 7.17. The molecule has 1 nitrogen and oxygen atoms in total. The van der Waals surface area contributed by atoms with Crippen molar-refractivity contribution in [2.75, 3.05) is 19.0 Å². The summed E-state index contributed by atoms with van der Waals surface area (Å²) in [6.45, 7) is 3.40. The summed E-state index contributed by atoms with van der Waals surface area (Å²) in [7, 11) is 0. The molecule has 0 radical (unpaired) electrons. The number of alkyl halides is 1. The predicted octanol–water partition coefficient (Wildman–Crippen LogP) is 3.18. The van der Waals surface area contributed by atoms with Crippen LogP contribution in [-0.4, -0.2) is 23.9 Å². The second-order valence-corrected chi connectivity index (χ2v) is 5.57. The van der Waals surface area contributed by atoms with E-state index in [-0.39, 0.29) is 0 Å². The number of nitrogens with zero attached hydrogens (tertiary/aromatic N) is 1. The molecule has 0 unspecified atom stereocenters. The van der Waals surface area contributed by atoms with E-state index in [0.29, 0.717) is 0 Å². The molecular formula is C9H11BrClNS. The minimum absolute atomic E-state index is 0.723. The monoisotopic (exact) mass is 279 g/mol. The van der Waals surface area contributed by atoms with E-state index in [0.717, 1.165) is 31.4 Å². The van der Waals surface area contributed by atoms with Gasteiger partial charge in [0.05, 0.1) is 0 Å². The largest absolute Gasteiger partial charge is 0.297 e. The molecule has 0 atom stereocenters. The van der Waals surface area contributed by atoms with E-state index in [9.17, 15) is 0 Å². The lowest BCUT2D eigenvalue weighted by Gasteiger charge is -2.38. The Labute approximate surface area is 95.8 Å². The quantitative estimate of drug-likeness (QED) is 0.769. The minimum atomic E-state index is 0.723. The van der Waals surface area contributed by atoms with Gasteiger partial charge < -0.3 is 0 Å². The van der Waals surface area contributed by atoms with E-state index in [2.05, 4.69) is 32.3 Å². The number of halogens is 2. The van der Waals surface area contributed by atoms with E-state index >= 15 is 0 Å². The summed E-state index contributed by atoms with van der Waals surface area (Å²) < 4.78 is 1.24. The molecule has 1 aromatic heterocycles. The van der Waals surface area contributed by atoms with Crippen LogP contribution in [0.25, 0.3) is 0 Å². The van der Waals surface area contributed by atoms with Gasteiger partial charge in [0.15, 0.2) is 0 Å². The molecule has 1 aliphatic heterocycles. The van der Waals surface area contributed by atoms with E-state index in [1.54, 1.807) is 0 Å². The molecular weight excluding hydrogens is 270 g/mol. The van der Waals surface area contributed by atoms with E-state index < -0.39 is 0 Å². The van der Waals surface area contributed by atoms with Crippen molar-refractivity contribution in [2.24, 2.45) is 5.92 Å². The van der Waals surface area contributed by atoms with Crippen LogP contribution in [-0.2, 0) is 6.54 Å². The highest BCUT2D eigenvalue weighted by atomic mass is 79.9. The van der Waals surface area contributed by atoms with Crippen LogP contribution in [0.4, 0.5) is 0 Å². The van der Waals surface area contributed by atoms with Gasteiger partial charge in [-0.3, -0.25) is 4.90 Å². The second kappa shape index (κ2) is 4.30. The van der Waals surface area contributed by atoms with Crippen LogP contribution < -0.4 is 0 Å². The van der Waals surface area contributed by atoms with Gasteiger partial charge in [-0.05, 0) is 33.3 Å². The normalized spacial score (nSPS) is 18.9. The van der Waals surface area contributed by atoms with Crippen molar-refractivity contribution in [1.29, 1.82) is 0 Å². The third-order valence-corrected chi connectivity index (χ3v) is 4.66. The van der Waals surface area contributed by atoms with Gasteiger partial charge in [-0.1, -0.05) is 0 Å². The van der Waals surface area contributed by atoms with Crippen molar-refractivity contribution in [1.82, 2.24) is 4.90 Å². The SMILES string of the molecule is ClCC1CN(Cc2sccc2Br)C1. The Bertz CT molecular complexity index is 283. The van der Waals surface area contributed by atoms with Crippen molar-refractivity contribution >= 4 is 38.9 Å². The molecule has 0 saturated carbocycles. The van der Waals surface area contributed by atoms with Gasteiger partial charge >= 0.3 is 0 Å². The fourth-order valence-electron chi connectivity index (χ4n) is 1.54. The number of hydrogen-bond donors (Lipinski definition) is 0. The van der Waals surface area contributed by atoms with E-state index in [4.69, 9.17) is 11.6 Å². The van der Waals surface area contributed by atoms with Gasteiger partial charge in [-0.15, -0.1) is 22.9 Å². The molecule has 1 fully saturated rings. The highest BCUT2D eigenvalue weighted by Crippen LogP contribution is 2.27. The topological polar surface area (TPSA) is 3.24 Å². The first-order valence-electron chi connectivity index (χ1n) is 4.30. The summed E-state index contributed by atoms with van der Waals surface area (Å²) in [6, 6.07) is 2.11. The lowest BCUT2D eigenvalue weighted by Crippen LogP contribution is -2.46. The van der Waals surface area contributed by atoms with Crippen molar-refractivity contribution in [3.8, 4) is 0 Å².